The minimum absolute atomic E-state index is 0.00131. The Labute approximate surface area is 266 Å². The van der Waals surface area contributed by atoms with E-state index in [-0.39, 0.29) is 30.5 Å². The van der Waals surface area contributed by atoms with Crippen molar-refractivity contribution in [2.75, 3.05) is 13.2 Å². The average molecular weight is 615 g/mol. The van der Waals surface area contributed by atoms with E-state index in [1.807, 2.05) is 72.8 Å². The first-order valence-electron chi connectivity index (χ1n) is 15.0. The average Bonchev–Trinajstić information content (AvgIpc) is 3.52. The number of nitrogens with zero attached hydrogens (tertiary/aromatic N) is 4. The highest BCUT2D eigenvalue weighted by Gasteiger charge is 2.46. The number of rotatable bonds is 10. The van der Waals surface area contributed by atoms with Crippen LogP contribution in [0.15, 0.2) is 134 Å². The van der Waals surface area contributed by atoms with Crippen molar-refractivity contribution in [1.29, 1.82) is 0 Å². The van der Waals surface area contributed by atoms with E-state index in [9.17, 15) is 4.79 Å². The number of hydrogen-bond acceptors (Lipinski definition) is 6. The second-order valence-electron chi connectivity index (χ2n) is 11.3. The van der Waals surface area contributed by atoms with E-state index >= 15 is 0 Å². The lowest BCUT2D eigenvalue weighted by atomic mass is 9.69. The molecule has 0 radical (unpaired) electrons. The highest BCUT2D eigenvalue weighted by atomic mass is 35.5. The van der Waals surface area contributed by atoms with Crippen molar-refractivity contribution in [2.24, 2.45) is 11.8 Å². The topological polar surface area (TPSA) is 79.1 Å². The molecule has 0 aliphatic heterocycles. The fourth-order valence-electron chi connectivity index (χ4n) is 6.43. The SMILES string of the molecule is O=C(OC[C@H]1C[C@@H](n2cnc3c(Cl)ncnc32)[C@@H]1COC(c1ccccc1)(c1ccccc1)c1ccccc1)c1ccccc1. The van der Waals surface area contributed by atoms with Crippen LogP contribution in [0.3, 0.4) is 0 Å². The van der Waals surface area contributed by atoms with Crippen molar-refractivity contribution < 1.29 is 14.3 Å². The van der Waals surface area contributed by atoms with Crippen molar-refractivity contribution in [3.63, 3.8) is 0 Å². The van der Waals surface area contributed by atoms with Gasteiger partial charge in [-0.15, -0.1) is 0 Å². The summed E-state index contributed by atoms with van der Waals surface area (Å²) in [6.45, 7) is 0.658. The number of hydrogen-bond donors (Lipinski definition) is 0. The van der Waals surface area contributed by atoms with E-state index in [0.717, 1.165) is 23.1 Å². The molecule has 0 amide bonds. The van der Waals surface area contributed by atoms with Gasteiger partial charge in [-0.25, -0.2) is 19.7 Å². The van der Waals surface area contributed by atoms with Crippen LogP contribution in [0.5, 0.6) is 0 Å². The van der Waals surface area contributed by atoms with Gasteiger partial charge in [0.05, 0.1) is 25.1 Å². The number of esters is 1. The Morgan fingerprint density at radius 1 is 0.756 bits per heavy atom. The van der Waals surface area contributed by atoms with Crippen molar-refractivity contribution >= 4 is 28.7 Å². The Hall–Kier alpha value is -4.85. The lowest BCUT2D eigenvalue weighted by Gasteiger charge is -2.47. The number of carbonyl (C=O) groups is 1. The highest BCUT2D eigenvalue weighted by Crippen LogP contribution is 2.48. The van der Waals surface area contributed by atoms with Crippen LogP contribution < -0.4 is 0 Å². The molecule has 7 rings (SSSR count). The van der Waals surface area contributed by atoms with Crippen LogP contribution in [-0.2, 0) is 15.1 Å². The predicted octanol–water partition coefficient (Wildman–Crippen LogP) is 7.52. The normalized spacial score (nSPS) is 17.9. The molecule has 2 heterocycles. The molecule has 0 saturated heterocycles. The largest absolute Gasteiger partial charge is 0.462 e. The third-order valence-electron chi connectivity index (χ3n) is 8.79. The van der Waals surface area contributed by atoms with Gasteiger partial charge >= 0.3 is 5.97 Å². The third-order valence-corrected chi connectivity index (χ3v) is 9.06. The summed E-state index contributed by atoms with van der Waals surface area (Å²) in [5.74, 6) is -0.300. The second kappa shape index (κ2) is 12.6. The van der Waals surface area contributed by atoms with Crippen LogP contribution in [0, 0.1) is 11.8 Å². The van der Waals surface area contributed by atoms with Crippen LogP contribution in [0.25, 0.3) is 11.2 Å². The number of fused-ring (bicyclic) bond motifs is 1. The van der Waals surface area contributed by atoms with Gasteiger partial charge in [0, 0.05) is 17.9 Å². The molecule has 6 aromatic rings. The first-order valence-corrected chi connectivity index (χ1v) is 15.4. The molecule has 7 nitrogen and oxygen atoms in total. The number of halogens is 1. The maximum absolute atomic E-state index is 12.9. The monoisotopic (exact) mass is 614 g/mol. The molecule has 1 fully saturated rings. The van der Waals surface area contributed by atoms with Gasteiger partial charge in [-0.05, 0) is 35.2 Å². The van der Waals surface area contributed by atoms with E-state index in [2.05, 4.69) is 55.9 Å². The van der Waals surface area contributed by atoms with Gasteiger partial charge in [-0.3, -0.25) is 0 Å². The summed E-state index contributed by atoms with van der Waals surface area (Å²) >= 11 is 6.36. The van der Waals surface area contributed by atoms with E-state index in [4.69, 9.17) is 21.1 Å². The van der Waals surface area contributed by atoms with Crippen molar-refractivity contribution in [2.45, 2.75) is 18.1 Å². The molecule has 0 bridgehead atoms. The fourth-order valence-corrected chi connectivity index (χ4v) is 6.61. The van der Waals surface area contributed by atoms with Gasteiger partial charge in [0.2, 0.25) is 0 Å². The number of ether oxygens (including phenoxy) is 2. The van der Waals surface area contributed by atoms with Crippen molar-refractivity contribution in [3.05, 3.63) is 161 Å². The highest BCUT2D eigenvalue weighted by molar-refractivity contribution is 6.33. The van der Waals surface area contributed by atoms with Crippen LogP contribution in [0.1, 0.15) is 39.5 Å². The molecular formula is C37H31ClN4O3. The Kier molecular flexibility index (Phi) is 8.11. The predicted molar refractivity (Wildman–Crippen MR) is 173 cm³/mol. The lowest BCUT2D eigenvalue weighted by molar-refractivity contribution is -0.0788. The van der Waals surface area contributed by atoms with Gasteiger partial charge in [-0.1, -0.05) is 121 Å². The number of benzene rings is 4. The molecule has 4 aromatic carbocycles. The quantitative estimate of drug-likeness (QED) is 0.0902. The van der Waals surface area contributed by atoms with Gasteiger partial charge in [0.25, 0.3) is 0 Å². The van der Waals surface area contributed by atoms with E-state index < -0.39 is 5.60 Å². The number of imidazole rings is 1. The lowest BCUT2D eigenvalue weighted by Crippen LogP contribution is -2.46. The molecular weight excluding hydrogens is 584 g/mol. The summed E-state index contributed by atoms with van der Waals surface area (Å²) in [7, 11) is 0. The summed E-state index contributed by atoms with van der Waals surface area (Å²) in [6, 6.07) is 40.0. The molecule has 1 aliphatic carbocycles. The molecule has 45 heavy (non-hydrogen) atoms. The maximum atomic E-state index is 12.9. The fraction of sp³-hybridized carbons (Fsp3) is 0.189. The maximum Gasteiger partial charge on any atom is 0.338 e. The van der Waals surface area contributed by atoms with Crippen molar-refractivity contribution in [3.8, 4) is 0 Å². The number of aromatic nitrogens is 4. The van der Waals surface area contributed by atoms with Gasteiger partial charge in [-0.2, -0.15) is 0 Å². The summed E-state index contributed by atoms with van der Waals surface area (Å²) < 4.78 is 15.2. The smallest absolute Gasteiger partial charge is 0.338 e. The summed E-state index contributed by atoms with van der Waals surface area (Å²) in [5, 5.41) is 0.315. The van der Waals surface area contributed by atoms with Crippen molar-refractivity contribution in [1.82, 2.24) is 19.5 Å². The van der Waals surface area contributed by atoms with Gasteiger partial charge in [0.1, 0.15) is 17.4 Å². The molecule has 1 saturated carbocycles. The minimum Gasteiger partial charge on any atom is -0.462 e. The Morgan fingerprint density at radius 3 is 1.89 bits per heavy atom. The van der Waals surface area contributed by atoms with Gasteiger partial charge < -0.3 is 14.0 Å². The third kappa shape index (κ3) is 5.50. The Bertz CT molecular complexity index is 1790. The minimum atomic E-state index is -0.877. The van der Waals surface area contributed by atoms with Crippen LogP contribution in [-0.4, -0.2) is 38.7 Å². The summed E-state index contributed by atoms with van der Waals surface area (Å²) in [5.41, 5.74) is 3.96. The van der Waals surface area contributed by atoms with Crippen LogP contribution >= 0.6 is 11.6 Å². The van der Waals surface area contributed by atoms with Gasteiger partial charge in [0.15, 0.2) is 10.8 Å². The van der Waals surface area contributed by atoms with Crippen LogP contribution in [0.4, 0.5) is 0 Å². The first kappa shape index (κ1) is 28.9. The van der Waals surface area contributed by atoms with Crippen LogP contribution in [0.2, 0.25) is 5.15 Å². The first-order chi connectivity index (χ1) is 22.1. The van der Waals surface area contributed by atoms with E-state index in [0.29, 0.717) is 28.5 Å². The molecule has 1 aliphatic rings. The summed E-state index contributed by atoms with van der Waals surface area (Å²) in [4.78, 5) is 26.0. The van der Waals surface area contributed by atoms with E-state index in [1.54, 1.807) is 18.5 Å². The Morgan fingerprint density at radius 2 is 1.31 bits per heavy atom. The summed E-state index contributed by atoms with van der Waals surface area (Å²) in [6.07, 6.45) is 3.99. The number of carbonyl (C=O) groups excluding carboxylic acids is 1. The standard InChI is InChI=1S/C37H31ClN4O3/c38-34-33-35(40-24-39-34)42(25-41-33)32-21-27(22-44-36(43)26-13-5-1-6-14-26)31(32)23-45-37(28-15-7-2-8-16-28,29-17-9-3-10-18-29)30-19-11-4-12-20-30/h1-20,24-25,27,31-32H,21-23H2/t27-,31-,32-/m1/s1. The zero-order valence-electron chi connectivity index (χ0n) is 24.4. The molecule has 2 aromatic heterocycles. The molecule has 3 atom stereocenters. The Balaban J connectivity index is 1.25. The zero-order chi connectivity index (χ0) is 30.6. The second-order valence-corrected chi connectivity index (χ2v) is 11.6. The zero-order valence-corrected chi connectivity index (χ0v) is 25.2. The molecule has 0 unspecified atom stereocenters. The van der Waals surface area contributed by atoms with E-state index in [1.165, 1.54) is 6.33 Å². The molecule has 0 spiro atoms. The molecule has 8 heteroatoms. The molecule has 224 valence electrons. The molecule has 0 N–H and O–H groups in total.